The Kier molecular flexibility index (Phi) is 13.1. The number of hydrogen-bond acceptors (Lipinski definition) is 3. The first kappa shape index (κ1) is 32.8. The summed E-state index contributed by atoms with van der Waals surface area (Å²) in [6.07, 6.45) is 0. The zero-order chi connectivity index (χ0) is 21.8. The summed E-state index contributed by atoms with van der Waals surface area (Å²) in [5.74, 6) is 0. The second-order valence-corrected chi connectivity index (χ2v) is 23.5. The number of hydrogen-bond donors (Lipinski definition) is 0. The summed E-state index contributed by atoms with van der Waals surface area (Å²) >= 11 is 0. The maximum atomic E-state index is 7.08. The van der Waals surface area contributed by atoms with Gasteiger partial charge in [0.05, 0.1) is 0 Å². The summed E-state index contributed by atoms with van der Waals surface area (Å²) in [6.45, 7) is 20.9. The van der Waals surface area contributed by atoms with Crippen molar-refractivity contribution in [2.75, 3.05) is 0 Å². The quantitative estimate of drug-likeness (QED) is 0.333. The highest BCUT2D eigenvalue weighted by Crippen LogP contribution is 2.25. The van der Waals surface area contributed by atoms with Crippen LogP contribution < -0.4 is 10.4 Å². The maximum absolute atomic E-state index is 7.08. The van der Waals surface area contributed by atoms with Crippen LogP contribution in [0.4, 0.5) is 0 Å². The second-order valence-electron chi connectivity index (χ2n) is 8.67. The molecule has 7 heteroatoms. The van der Waals surface area contributed by atoms with Crippen molar-refractivity contribution in [2.24, 2.45) is 0 Å². The Morgan fingerprint density at radius 3 is 1.25 bits per heavy atom. The van der Waals surface area contributed by atoms with Gasteiger partial charge in [0.15, 0.2) is 8.32 Å². The van der Waals surface area contributed by atoms with Gasteiger partial charge in [0, 0.05) is 0 Å². The molecule has 2 aromatic rings. The van der Waals surface area contributed by atoms with Gasteiger partial charge in [-0.25, -0.2) is 0 Å². The smallest absolute Gasteiger partial charge is 0.388 e. The summed E-state index contributed by atoms with van der Waals surface area (Å²) in [6, 6.07) is 20.7. The molecule has 32 heavy (non-hydrogen) atoms. The van der Waals surface area contributed by atoms with Crippen molar-refractivity contribution < 1.29 is 12.3 Å². The van der Waals surface area contributed by atoms with Crippen molar-refractivity contribution in [2.45, 2.75) is 61.6 Å². The molecule has 0 radical (unpaired) electrons. The molecular weight excluding hydrogens is 461 g/mol. The van der Waals surface area contributed by atoms with Crippen LogP contribution in [0.3, 0.4) is 0 Å². The normalized spacial score (nSPS) is 11.9. The minimum Gasteiger partial charge on any atom is -0.433 e. The largest absolute Gasteiger partial charge is 0.433 e. The third kappa shape index (κ3) is 8.55. The molecule has 2 aromatic carbocycles. The Labute approximate surface area is 202 Å². The molecule has 0 spiro atoms. The van der Waals surface area contributed by atoms with Crippen molar-refractivity contribution in [3.05, 3.63) is 85.2 Å². The number of benzene rings is 2. The van der Waals surface area contributed by atoms with Crippen molar-refractivity contribution >= 4 is 44.1 Å². The zero-order valence-corrected chi connectivity index (χ0v) is 22.6. The van der Waals surface area contributed by atoms with Gasteiger partial charge in [-0.1, -0.05) is 94.3 Å². The van der Waals surface area contributed by atoms with Crippen molar-refractivity contribution in [3.8, 4) is 0 Å². The van der Waals surface area contributed by atoms with Crippen LogP contribution >= 0.6 is 0 Å². The first-order valence-corrected chi connectivity index (χ1v) is 20.5. The van der Waals surface area contributed by atoms with Gasteiger partial charge in [-0.2, -0.15) is 0 Å². The molecule has 2 rings (SSSR count). The molecule has 0 fully saturated rings. The molecule has 0 aliphatic rings. The fourth-order valence-corrected chi connectivity index (χ4v) is 19.2. The third-order valence-electron chi connectivity index (χ3n) is 4.60. The summed E-state index contributed by atoms with van der Waals surface area (Å²) in [4.78, 5) is 0. The number of rotatable bonds is 10. The Morgan fingerprint density at radius 1 is 0.562 bits per heavy atom. The van der Waals surface area contributed by atoms with E-state index >= 15 is 0 Å². The lowest BCUT2D eigenvalue weighted by Crippen LogP contribution is -2.71. The molecule has 0 aromatic heterocycles. The molecule has 0 unspecified atom stereocenters. The van der Waals surface area contributed by atoms with Crippen LogP contribution in [0, 0.1) is 0 Å². The van der Waals surface area contributed by atoms with Gasteiger partial charge in [0.25, 0.3) is 0 Å². The Balaban J connectivity index is 0. The third-order valence-corrected chi connectivity index (χ3v) is 19.2. The van der Waals surface area contributed by atoms with Crippen molar-refractivity contribution in [1.82, 2.24) is 0 Å². The van der Waals surface area contributed by atoms with Gasteiger partial charge in [0.1, 0.15) is 0 Å². The Morgan fingerprint density at radius 2 is 0.906 bits per heavy atom. The highest BCUT2D eigenvalue weighted by molar-refractivity contribution is 7.03. The van der Waals surface area contributed by atoms with Crippen LogP contribution in [0.5, 0.6) is 0 Å². The van der Waals surface area contributed by atoms with Gasteiger partial charge in [-0.15, -0.1) is 13.2 Å². The predicted octanol–water partition coefficient (Wildman–Crippen LogP) is 6.76. The van der Waals surface area contributed by atoms with E-state index in [0.717, 1.165) is 10.4 Å². The van der Waals surface area contributed by atoms with E-state index in [-0.39, 0.29) is 22.3 Å². The average molecular weight is 507 g/mol. The zero-order valence-electron chi connectivity index (χ0n) is 18.6. The second kappa shape index (κ2) is 12.8. The summed E-state index contributed by atoms with van der Waals surface area (Å²) < 4.78 is 20.7. The van der Waals surface area contributed by atoms with Crippen LogP contribution in [0.15, 0.2) is 85.2 Å². The topological polar surface area (TPSA) is 27.7 Å². The van der Waals surface area contributed by atoms with Crippen LogP contribution in [0.1, 0.15) is 22.3 Å². The standard InChI is InChI=1S/C22H34O3Si4.3CH4/c1-9-26(3,4)23-28(7,8)25-29(24-27(5,6)10-2,21-17-13-11-14-18-21)22-19-15-12-16-20-22;;;/h9-20H,1-2H2,3-8H3;3*1H4. The van der Waals surface area contributed by atoms with Gasteiger partial charge in [0.2, 0.25) is 8.32 Å². The average Bonchev–Trinajstić information content (AvgIpc) is 2.67. The summed E-state index contributed by atoms with van der Waals surface area (Å²) in [5, 5.41) is 2.19. The lowest BCUT2D eigenvalue weighted by molar-refractivity contribution is 0.345. The van der Waals surface area contributed by atoms with Crippen molar-refractivity contribution in [1.29, 1.82) is 0 Å². The van der Waals surface area contributed by atoms with E-state index in [1.165, 1.54) is 0 Å². The SMILES string of the molecule is C.C.C.C=C[Si](C)(C)O[Si](C)(C)O[Si](O[Si](C)(C)C=C)(c1ccccc1)c1ccccc1. The maximum Gasteiger partial charge on any atom is 0.388 e. The van der Waals surface area contributed by atoms with E-state index in [1.807, 2.05) is 47.8 Å². The van der Waals surface area contributed by atoms with E-state index in [1.54, 1.807) is 0 Å². The minimum absolute atomic E-state index is 0. The first-order chi connectivity index (χ1) is 13.5. The summed E-state index contributed by atoms with van der Waals surface area (Å²) in [5.41, 5.74) is 3.94. The van der Waals surface area contributed by atoms with Gasteiger partial charge < -0.3 is 12.3 Å². The lowest BCUT2D eigenvalue weighted by Gasteiger charge is -2.43. The van der Waals surface area contributed by atoms with Crippen LogP contribution in [0.25, 0.3) is 0 Å². The molecule has 0 N–H and O–H groups in total. The Bertz CT molecular complexity index is 782. The molecule has 0 saturated heterocycles. The van der Waals surface area contributed by atoms with Crippen LogP contribution in [-0.2, 0) is 12.3 Å². The molecule has 0 aliphatic heterocycles. The fourth-order valence-electron chi connectivity index (χ4n) is 3.19. The Hall–Kier alpha value is -1.33. The fraction of sp³-hybridized carbons (Fsp3) is 0.360. The van der Waals surface area contributed by atoms with Crippen LogP contribution in [-0.4, -0.2) is 33.8 Å². The van der Waals surface area contributed by atoms with Gasteiger partial charge >= 0.3 is 17.1 Å². The lowest BCUT2D eigenvalue weighted by atomic mass is 10.4. The molecule has 0 heterocycles. The van der Waals surface area contributed by atoms with Crippen molar-refractivity contribution in [3.63, 3.8) is 0 Å². The van der Waals surface area contributed by atoms with E-state index in [2.05, 4.69) is 76.7 Å². The molecule has 0 aliphatic carbocycles. The molecule has 180 valence electrons. The van der Waals surface area contributed by atoms with Gasteiger partial charge in [-0.05, 0) is 49.7 Å². The van der Waals surface area contributed by atoms with Gasteiger partial charge in [-0.3, -0.25) is 0 Å². The molecule has 3 nitrogen and oxygen atoms in total. The monoisotopic (exact) mass is 506 g/mol. The predicted molar refractivity (Wildman–Crippen MR) is 154 cm³/mol. The summed E-state index contributed by atoms with van der Waals surface area (Å²) in [7, 11) is -9.80. The van der Waals surface area contributed by atoms with E-state index in [9.17, 15) is 0 Å². The van der Waals surface area contributed by atoms with E-state index in [0.29, 0.717) is 0 Å². The molecule has 0 saturated carbocycles. The van der Waals surface area contributed by atoms with E-state index in [4.69, 9.17) is 12.3 Å². The first-order valence-electron chi connectivity index (χ1n) is 9.94. The molecule has 0 amide bonds. The molecular formula is C25H46O3Si4. The highest BCUT2D eigenvalue weighted by atomic mass is 28.5. The van der Waals surface area contributed by atoms with E-state index < -0.39 is 33.8 Å². The highest BCUT2D eigenvalue weighted by Gasteiger charge is 2.51. The minimum atomic E-state index is -3.04. The molecule has 0 atom stereocenters. The molecule has 0 bridgehead atoms. The van der Waals surface area contributed by atoms with Crippen LogP contribution in [0.2, 0.25) is 39.3 Å².